The Morgan fingerprint density at radius 2 is 2.24 bits per heavy atom. The second kappa shape index (κ2) is 5.60. The van der Waals surface area contributed by atoms with Crippen molar-refractivity contribution in [3.8, 4) is 0 Å². The van der Waals surface area contributed by atoms with Crippen LogP contribution in [0.2, 0.25) is 0 Å². The lowest BCUT2D eigenvalue weighted by molar-refractivity contribution is -0.133. The third kappa shape index (κ3) is 2.91. The van der Waals surface area contributed by atoms with Crippen LogP contribution < -0.4 is 5.32 Å². The summed E-state index contributed by atoms with van der Waals surface area (Å²) >= 11 is 0. The topological polar surface area (TPSA) is 62.6 Å². The summed E-state index contributed by atoms with van der Waals surface area (Å²) in [6, 6.07) is 9.45. The van der Waals surface area contributed by atoms with E-state index in [1.165, 1.54) is 0 Å². The van der Waals surface area contributed by atoms with Gasteiger partial charge in [0.1, 0.15) is 11.3 Å². The standard InChI is InChI=1S/C16H18N2O3/c1-11(14-9-12-5-2-3-6-13(12)21-14)17-15(19)10-18-8-4-7-16(18)20/h2-3,5-6,9,11H,4,7-8,10H2,1H3,(H,17,19)/t11-/m0/s1. The maximum Gasteiger partial charge on any atom is 0.240 e. The molecule has 1 atom stereocenters. The number of amides is 2. The minimum absolute atomic E-state index is 0.0570. The average molecular weight is 286 g/mol. The molecule has 2 amide bonds. The van der Waals surface area contributed by atoms with Gasteiger partial charge < -0.3 is 14.6 Å². The molecule has 5 nitrogen and oxygen atoms in total. The Bertz CT molecular complexity index is 644. The fraction of sp³-hybridized carbons (Fsp3) is 0.375. The number of furan rings is 1. The van der Waals surface area contributed by atoms with Crippen LogP contribution in [0.15, 0.2) is 34.7 Å². The van der Waals surface area contributed by atoms with E-state index in [2.05, 4.69) is 5.32 Å². The van der Waals surface area contributed by atoms with E-state index in [0.29, 0.717) is 13.0 Å². The summed E-state index contributed by atoms with van der Waals surface area (Å²) in [5.74, 6) is 0.622. The number of hydrogen-bond donors (Lipinski definition) is 1. The number of benzene rings is 1. The van der Waals surface area contributed by atoms with Gasteiger partial charge in [-0.15, -0.1) is 0 Å². The predicted octanol–water partition coefficient (Wildman–Crippen LogP) is 2.23. The monoisotopic (exact) mass is 286 g/mol. The Morgan fingerprint density at radius 3 is 2.95 bits per heavy atom. The molecule has 1 aliphatic rings. The summed E-state index contributed by atoms with van der Waals surface area (Å²) in [5, 5.41) is 3.89. The number of nitrogens with zero attached hydrogens (tertiary/aromatic N) is 1. The number of fused-ring (bicyclic) bond motifs is 1. The Labute approximate surface area is 122 Å². The quantitative estimate of drug-likeness (QED) is 0.937. The Kier molecular flexibility index (Phi) is 3.64. The van der Waals surface area contributed by atoms with Crippen molar-refractivity contribution < 1.29 is 14.0 Å². The van der Waals surface area contributed by atoms with Crippen molar-refractivity contribution in [2.45, 2.75) is 25.8 Å². The maximum atomic E-state index is 12.0. The van der Waals surface area contributed by atoms with E-state index in [1.54, 1.807) is 4.90 Å². The van der Waals surface area contributed by atoms with Gasteiger partial charge >= 0.3 is 0 Å². The molecule has 0 saturated carbocycles. The molecule has 1 N–H and O–H groups in total. The van der Waals surface area contributed by atoms with Crippen molar-refractivity contribution in [1.82, 2.24) is 10.2 Å². The zero-order chi connectivity index (χ0) is 14.8. The molecular formula is C16H18N2O3. The van der Waals surface area contributed by atoms with Gasteiger partial charge in [-0.3, -0.25) is 9.59 Å². The largest absolute Gasteiger partial charge is 0.459 e. The predicted molar refractivity (Wildman–Crippen MR) is 78.6 cm³/mol. The first-order valence-electron chi connectivity index (χ1n) is 7.19. The summed E-state index contributed by atoms with van der Waals surface area (Å²) in [5.41, 5.74) is 0.809. The molecule has 0 spiro atoms. The molecule has 1 fully saturated rings. The van der Waals surface area contributed by atoms with Crippen LogP contribution in [-0.2, 0) is 9.59 Å². The van der Waals surface area contributed by atoms with Crippen molar-refractivity contribution >= 4 is 22.8 Å². The Balaban J connectivity index is 1.63. The smallest absolute Gasteiger partial charge is 0.240 e. The minimum Gasteiger partial charge on any atom is -0.459 e. The molecule has 21 heavy (non-hydrogen) atoms. The van der Waals surface area contributed by atoms with Crippen molar-refractivity contribution in [2.24, 2.45) is 0 Å². The lowest BCUT2D eigenvalue weighted by atomic mass is 10.2. The summed E-state index contributed by atoms with van der Waals surface area (Å²) in [6.45, 7) is 2.68. The number of likely N-dealkylation sites (tertiary alicyclic amines) is 1. The first kappa shape index (κ1) is 13.7. The molecule has 1 aromatic heterocycles. The molecule has 0 unspecified atom stereocenters. The van der Waals surface area contributed by atoms with Crippen LogP contribution in [0.5, 0.6) is 0 Å². The third-order valence-corrected chi connectivity index (χ3v) is 3.75. The van der Waals surface area contributed by atoms with E-state index in [-0.39, 0.29) is 24.4 Å². The fourth-order valence-electron chi connectivity index (χ4n) is 2.62. The zero-order valence-electron chi connectivity index (χ0n) is 12.0. The number of nitrogens with one attached hydrogen (secondary N) is 1. The Hall–Kier alpha value is -2.30. The van der Waals surface area contributed by atoms with Crippen LogP contribution in [0, 0.1) is 0 Å². The molecule has 0 radical (unpaired) electrons. The Morgan fingerprint density at radius 1 is 1.43 bits per heavy atom. The number of para-hydroxylation sites is 1. The first-order valence-corrected chi connectivity index (χ1v) is 7.19. The van der Waals surface area contributed by atoms with Crippen LogP contribution >= 0.6 is 0 Å². The number of hydrogen-bond acceptors (Lipinski definition) is 3. The van der Waals surface area contributed by atoms with Crippen molar-refractivity contribution in [3.63, 3.8) is 0 Å². The van der Waals surface area contributed by atoms with E-state index in [0.717, 1.165) is 23.2 Å². The highest BCUT2D eigenvalue weighted by Gasteiger charge is 2.23. The van der Waals surface area contributed by atoms with Gasteiger partial charge in [0.2, 0.25) is 11.8 Å². The second-order valence-electron chi connectivity index (χ2n) is 5.39. The van der Waals surface area contributed by atoms with Crippen LogP contribution in [0.4, 0.5) is 0 Å². The number of rotatable bonds is 4. The van der Waals surface area contributed by atoms with Crippen molar-refractivity contribution in [2.75, 3.05) is 13.1 Å². The highest BCUT2D eigenvalue weighted by Crippen LogP contribution is 2.23. The van der Waals surface area contributed by atoms with E-state index >= 15 is 0 Å². The number of carbonyl (C=O) groups is 2. The van der Waals surface area contributed by atoms with Gasteiger partial charge in [-0.05, 0) is 25.5 Å². The lowest BCUT2D eigenvalue weighted by Crippen LogP contribution is -2.38. The fourth-order valence-corrected chi connectivity index (χ4v) is 2.62. The highest BCUT2D eigenvalue weighted by molar-refractivity contribution is 5.86. The normalized spacial score (nSPS) is 16.4. The SMILES string of the molecule is C[C@H](NC(=O)CN1CCCC1=O)c1cc2ccccc2o1. The van der Waals surface area contributed by atoms with E-state index in [4.69, 9.17) is 4.42 Å². The van der Waals surface area contributed by atoms with E-state index < -0.39 is 0 Å². The van der Waals surface area contributed by atoms with Gasteiger partial charge in [0, 0.05) is 18.4 Å². The number of carbonyl (C=O) groups excluding carboxylic acids is 2. The van der Waals surface area contributed by atoms with E-state index in [9.17, 15) is 9.59 Å². The molecule has 1 aliphatic heterocycles. The second-order valence-corrected chi connectivity index (χ2v) is 5.39. The molecule has 110 valence electrons. The van der Waals surface area contributed by atoms with Crippen LogP contribution in [0.25, 0.3) is 11.0 Å². The summed E-state index contributed by atoms with van der Waals surface area (Å²) in [6.07, 6.45) is 1.39. The first-order chi connectivity index (χ1) is 10.1. The minimum atomic E-state index is -0.220. The molecule has 2 aromatic rings. The molecule has 5 heteroatoms. The van der Waals surface area contributed by atoms with Gasteiger partial charge in [-0.25, -0.2) is 0 Å². The molecule has 0 bridgehead atoms. The van der Waals surface area contributed by atoms with Crippen molar-refractivity contribution in [3.05, 3.63) is 36.1 Å². The molecule has 1 aromatic carbocycles. The van der Waals surface area contributed by atoms with Crippen LogP contribution in [-0.4, -0.2) is 29.8 Å². The average Bonchev–Trinajstić information content (AvgIpc) is 3.05. The van der Waals surface area contributed by atoms with Gasteiger partial charge in [0.05, 0.1) is 12.6 Å². The molecule has 3 rings (SSSR count). The highest BCUT2D eigenvalue weighted by atomic mass is 16.3. The molecule has 1 saturated heterocycles. The molecule has 2 heterocycles. The van der Waals surface area contributed by atoms with Crippen LogP contribution in [0.3, 0.4) is 0 Å². The third-order valence-electron chi connectivity index (χ3n) is 3.75. The zero-order valence-corrected chi connectivity index (χ0v) is 12.0. The summed E-state index contributed by atoms with van der Waals surface area (Å²) < 4.78 is 5.73. The van der Waals surface area contributed by atoms with Crippen LogP contribution in [0.1, 0.15) is 31.6 Å². The van der Waals surface area contributed by atoms with Gasteiger partial charge in [-0.1, -0.05) is 18.2 Å². The van der Waals surface area contributed by atoms with Crippen molar-refractivity contribution in [1.29, 1.82) is 0 Å². The van der Waals surface area contributed by atoms with Gasteiger partial charge in [0.25, 0.3) is 0 Å². The molecule has 0 aliphatic carbocycles. The lowest BCUT2D eigenvalue weighted by Gasteiger charge is -2.17. The molecular weight excluding hydrogens is 268 g/mol. The van der Waals surface area contributed by atoms with Gasteiger partial charge in [-0.2, -0.15) is 0 Å². The van der Waals surface area contributed by atoms with Gasteiger partial charge in [0.15, 0.2) is 0 Å². The van der Waals surface area contributed by atoms with E-state index in [1.807, 2.05) is 37.3 Å². The summed E-state index contributed by atoms with van der Waals surface area (Å²) in [7, 11) is 0. The maximum absolute atomic E-state index is 12.0. The summed E-state index contributed by atoms with van der Waals surface area (Å²) in [4.78, 5) is 25.1.